The number of carbonyl (C=O) groups excluding carboxylic acids is 1. The first kappa shape index (κ1) is 18.1. The Kier molecular flexibility index (Phi) is 5.64. The number of nitro groups is 1. The number of rotatable bonds is 7. The molecular formula is C16H14N4O4S2. The van der Waals surface area contributed by atoms with Gasteiger partial charge in [0.1, 0.15) is 22.8 Å². The van der Waals surface area contributed by atoms with Crippen LogP contribution in [0.1, 0.15) is 6.92 Å². The molecule has 2 heterocycles. The average molecular weight is 390 g/mol. The van der Waals surface area contributed by atoms with Crippen LogP contribution in [0.2, 0.25) is 0 Å². The quantitative estimate of drug-likeness (QED) is 0.283. The van der Waals surface area contributed by atoms with E-state index >= 15 is 0 Å². The van der Waals surface area contributed by atoms with Gasteiger partial charge in [0.2, 0.25) is 5.91 Å². The first-order valence-corrected chi connectivity index (χ1v) is 9.47. The Bertz CT molecular complexity index is 960. The summed E-state index contributed by atoms with van der Waals surface area (Å²) in [6.45, 7) is 2.19. The lowest BCUT2D eigenvalue weighted by Gasteiger charge is -2.08. The number of nitrogens with one attached hydrogen (secondary N) is 1. The van der Waals surface area contributed by atoms with Crippen LogP contribution in [0, 0.1) is 10.1 Å². The number of hydrogen-bond acceptors (Lipinski definition) is 8. The fraction of sp³-hybridized carbons (Fsp3) is 0.188. The summed E-state index contributed by atoms with van der Waals surface area (Å²) in [7, 11) is 0. The van der Waals surface area contributed by atoms with Crippen molar-refractivity contribution in [2.75, 3.05) is 17.7 Å². The van der Waals surface area contributed by atoms with Crippen LogP contribution < -0.4 is 10.1 Å². The second-order valence-corrected chi connectivity index (χ2v) is 6.90. The number of carbonyl (C=O) groups is 1. The van der Waals surface area contributed by atoms with Gasteiger partial charge < -0.3 is 10.1 Å². The van der Waals surface area contributed by atoms with Gasteiger partial charge in [-0.3, -0.25) is 14.9 Å². The van der Waals surface area contributed by atoms with E-state index < -0.39 is 4.92 Å². The number of fused-ring (bicyclic) bond motifs is 1. The van der Waals surface area contributed by atoms with Gasteiger partial charge in [0, 0.05) is 0 Å². The molecule has 1 N–H and O–H groups in total. The predicted octanol–water partition coefficient (Wildman–Crippen LogP) is 3.73. The molecule has 0 atom stereocenters. The second-order valence-electron chi connectivity index (χ2n) is 5.02. The zero-order valence-corrected chi connectivity index (χ0v) is 15.3. The van der Waals surface area contributed by atoms with E-state index in [1.807, 2.05) is 11.4 Å². The van der Waals surface area contributed by atoms with Crippen molar-refractivity contribution < 1.29 is 14.5 Å². The molecule has 3 rings (SSSR count). The molecule has 1 aromatic carbocycles. The molecular weight excluding hydrogens is 376 g/mol. The van der Waals surface area contributed by atoms with Crippen molar-refractivity contribution in [2.24, 2.45) is 0 Å². The second kappa shape index (κ2) is 8.11. The maximum Gasteiger partial charge on any atom is 0.296 e. The SMILES string of the molecule is CCOc1ccc(NC(=O)CSc2ncnc3ccsc23)c([N+](=O)[O-])c1. The van der Waals surface area contributed by atoms with Crippen molar-refractivity contribution in [1.82, 2.24) is 9.97 Å². The minimum Gasteiger partial charge on any atom is -0.494 e. The fourth-order valence-corrected chi connectivity index (χ4v) is 3.96. The molecule has 0 bridgehead atoms. The first-order valence-electron chi connectivity index (χ1n) is 7.60. The Morgan fingerprint density at radius 1 is 1.38 bits per heavy atom. The molecule has 0 saturated carbocycles. The molecule has 0 aliphatic carbocycles. The summed E-state index contributed by atoms with van der Waals surface area (Å²) in [6, 6.07) is 6.23. The van der Waals surface area contributed by atoms with E-state index in [9.17, 15) is 14.9 Å². The van der Waals surface area contributed by atoms with E-state index in [2.05, 4.69) is 15.3 Å². The van der Waals surface area contributed by atoms with Gasteiger partial charge in [0.15, 0.2) is 0 Å². The molecule has 0 fully saturated rings. The lowest BCUT2D eigenvalue weighted by atomic mass is 10.2. The smallest absolute Gasteiger partial charge is 0.296 e. The van der Waals surface area contributed by atoms with Crippen LogP contribution in [-0.4, -0.2) is 33.2 Å². The number of thioether (sulfide) groups is 1. The van der Waals surface area contributed by atoms with Crippen LogP contribution in [0.3, 0.4) is 0 Å². The zero-order chi connectivity index (χ0) is 18.5. The normalized spacial score (nSPS) is 10.7. The summed E-state index contributed by atoms with van der Waals surface area (Å²) >= 11 is 2.76. The number of ether oxygens (including phenoxy) is 1. The highest BCUT2D eigenvalue weighted by molar-refractivity contribution is 8.00. The number of amides is 1. The lowest BCUT2D eigenvalue weighted by molar-refractivity contribution is -0.384. The number of nitro benzene ring substituents is 1. The molecule has 3 aromatic rings. The predicted molar refractivity (Wildman–Crippen MR) is 101 cm³/mol. The molecule has 0 radical (unpaired) electrons. The van der Waals surface area contributed by atoms with Crippen molar-refractivity contribution in [1.29, 1.82) is 0 Å². The third-order valence-corrected chi connectivity index (χ3v) is 5.33. The van der Waals surface area contributed by atoms with E-state index in [4.69, 9.17) is 4.74 Å². The van der Waals surface area contributed by atoms with Gasteiger partial charge in [-0.25, -0.2) is 9.97 Å². The van der Waals surface area contributed by atoms with E-state index in [1.165, 1.54) is 41.6 Å². The van der Waals surface area contributed by atoms with Crippen molar-refractivity contribution in [3.8, 4) is 5.75 Å². The molecule has 134 valence electrons. The van der Waals surface area contributed by atoms with Crippen LogP contribution in [0.25, 0.3) is 10.2 Å². The Morgan fingerprint density at radius 2 is 2.23 bits per heavy atom. The number of hydrogen-bond donors (Lipinski definition) is 1. The van der Waals surface area contributed by atoms with Crippen molar-refractivity contribution in [3.05, 3.63) is 46.1 Å². The van der Waals surface area contributed by atoms with Crippen molar-refractivity contribution >= 4 is 50.6 Å². The largest absolute Gasteiger partial charge is 0.494 e. The summed E-state index contributed by atoms with van der Waals surface area (Å²) in [6.07, 6.45) is 1.45. The number of benzene rings is 1. The summed E-state index contributed by atoms with van der Waals surface area (Å²) < 4.78 is 6.18. The summed E-state index contributed by atoms with van der Waals surface area (Å²) in [4.78, 5) is 31.2. The van der Waals surface area contributed by atoms with Crippen molar-refractivity contribution in [3.63, 3.8) is 0 Å². The number of anilines is 1. The van der Waals surface area contributed by atoms with Crippen LogP contribution >= 0.6 is 23.1 Å². The molecule has 2 aromatic heterocycles. The van der Waals surface area contributed by atoms with Gasteiger partial charge in [-0.2, -0.15) is 0 Å². The summed E-state index contributed by atoms with van der Waals surface area (Å²) in [5.74, 6) is 0.104. The van der Waals surface area contributed by atoms with Crippen LogP contribution in [-0.2, 0) is 4.79 Å². The highest BCUT2D eigenvalue weighted by Crippen LogP contribution is 2.31. The Hall–Kier alpha value is -2.72. The first-order chi connectivity index (χ1) is 12.6. The minimum atomic E-state index is -0.551. The van der Waals surface area contributed by atoms with Gasteiger partial charge in [0.25, 0.3) is 5.69 Å². The third-order valence-electron chi connectivity index (χ3n) is 3.30. The zero-order valence-electron chi connectivity index (χ0n) is 13.7. The summed E-state index contributed by atoms with van der Waals surface area (Å²) in [5.41, 5.74) is 0.750. The monoisotopic (exact) mass is 390 g/mol. The molecule has 8 nitrogen and oxygen atoms in total. The fourth-order valence-electron chi connectivity index (χ4n) is 2.21. The molecule has 26 heavy (non-hydrogen) atoms. The maximum atomic E-state index is 12.2. The standard InChI is InChI=1S/C16H14N4O4S2/c1-2-24-10-3-4-11(13(7-10)20(22)23)19-14(21)8-26-16-15-12(5-6-25-15)17-9-18-16/h3-7,9H,2,8H2,1H3,(H,19,21). The van der Waals surface area contributed by atoms with E-state index in [0.717, 1.165) is 10.2 Å². The highest BCUT2D eigenvalue weighted by Gasteiger charge is 2.18. The van der Waals surface area contributed by atoms with Gasteiger partial charge in [-0.05, 0) is 30.5 Å². The summed E-state index contributed by atoms with van der Waals surface area (Å²) in [5, 5.41) is 16.4. The maximum absolute atomic E-state index is 12.2. The van der Waals surface area contributed by atoms with Gasteiger partial charge in [-0.1, -0.05) is 11.8 Å². The van der Waals surface area contributed by atoms with Crippen LogP contribution in [0.5, 0.6) is 5.75 Å². The Labute approximate surface area is 156 Å². The average Bonchev–Trinajstić information content (AvgIpc) is 3.10. The minimum absolute atomic E-state index is 0.0778. The lowest BCUT2D eigenvalue weighted by Crippen LogP contribution is -2.15. The molecule has 0 saturated heterocycles. The molecule has 1 amide bonds. The number of nitrogens with zero attached hydrogens (tertiary/aromatic N) is 3. The van der Waals surface area contributed by atoms with Gasteiger partial charge >= 0.3 is 0 Å². The van der Waals surface area contributed by atoms with E-state index in [0.29, 0.717) is 17.4 Å². The Balaban J connectivity index is 1.70. The molecule has 10 heteroatoms. The van der Waals surface area contributed by atoms with Crippen molar-refractivity contribution in [2.45, 2.75) is 11.9 Å². The Morgan fingerprint density at radius 3 is 3.00 bits per heavy atom. The highest BCUT2D eigenvalue weighted by atomic mass is 32.2. The van der Waals surface area contributed by atoms with E-state index in [1.54, 1.807) is 13.0 Å². The third kappa shape index (κ3) is 4.09. The molecule has 0 unspecified atom stereocenters. The van der Waals surface area contributed by atoms with Crippen LogP contribution in [0.4, 0.5) is 11.4 Å². The van der Waals surface area contributed by atoms with Crippen LogP contribution in [0.15, 0.2) is 41.0 Å². The topological polar surface area (TPSA) is 107 Å². The number of thiophene rings is 1. The van der Waals surface area contributed by atoms with Gasteiger partial charge in [0.05, 0.1) is 33.6 Å². The van der Waals surface area contributed by atoms with Gasteiger partial charge in [-0.15, -0.1) is 11.3 Å². The number of aromatic nitrogens is 2. The molecule has 0 aliphatic rings. The molecule has 0 aliphatic heterocycles. The van der Waals surface area contributed by atoms with E-state index in [-0.39, 0.29) is 23.0 Å². The molecule has 0 spiro atoms.